The second-order valence-electron chi connectivity index (χ2n) is 10.3. The van der Waals surface area contributed by atoms with Gasteiger partial charge >= 0.3 is 0 Å². The van der Waals surface area contributed by atoms with Crippen molar-refractivity contribution in [1.82, 2.24) is 10.2 Å². The minimum Gasteiger partial charge on any atom is -0.352 e. The van der Waals surface area contributed by atoms with Crippen LogP contribution in [-0.4, -0.2) is 43.8 Å². The zero-order valence-electron chi connectivity index (χ0n) is 23.9. The summed E-state index contributed by atoms with van der Waals surface area (Å²) >= 11 is 6.20. The molecule has 3 aromatic carbocycles. The Kier molecular flexibility index (Phi) is 10.4. The zero-order valence-corrected chi connectivity index (χ0v) is 25.5. The molecule has 0 fully saturated rings. The van der Waals surface area contributed by atoms with Crippen LogP contribution in [0.1, 0.15) is 49.4 Å². The number of aryl methyl sites for hydroxylation is 3. The van der Waals surface area contributed by atoms with Crippen LogP contribution in [0.4, 0.5) is 5.69 Å². The highest BCUT2D eigenvalue weighted by Gasteiger charge is 2.33. The number of carbonyl (C=O) groups excluding carboxylic acids is 2. The Labute approximate surface area is 243 Å². The van der Waals surface area contributed by atoms with Gasteiger partial charge in [-0.3, -0.25) is 13.9 Å². The van der Waals surface area contributed by atoms with E-state index in [4.69, 9.17) is 11.6 Å². The van der Waals surface area contributed by atoms with Gasteiger partial charge in [0, 0.05) is 17.6 Å². The summed E-state index contributed by atoms with van der Waals surface area (Å²) in [5.74, 6) is -0.827. The first-order chi connectivity index (χ1) is 18.8. The second kappa shape index (κ2) is 13.3. The summed E-state index contributed by atoms with van der Waals surface area (Å²) in [4.78, 5) is 28.7. The Morgan fingerprint density at radius 2 is 1.57 bits per heavy atom. The quantitative estimate of drug-likeness (QED) is 0.309. The molecule has 0 spiro atoms. The van der Waals surface area contributed by atoms with E-state index in [9.17, 15) is 18.0 Å². The Morgan fingerprint density at radius 1 is 0.925 bits per heavy atom. The molecule has 40 heavy (non-hydrogen) atoms. The van der Waals surface area contributed by atoms with Crippen LogP contribution >= 0.6 is 11.6 Å². The van der Waals surface area contributed by atoms with E-state index in [1.807, 2.05) is 52.8 Å². The van der Waals surface area contributed by atoms with Gasteiger partial charge in [0.15, 0.2) is 0 Å². The van der Waals surface area contributed by atoms with Crippen molar-refractivity contribution in [2.75, 3.05) is 10.8 Å². The minimum absolute atomic E-state index is 0.0771. The van der Waals surface area contributed by atoms with E-state index in [1.165, 1.54) is 17.0 Å². The van der Waals surface area contributed by atoms with Crippen molar-refractivity contribution in [1.29, 1.82) is 0 Å². The lowest BCUT2D eigenvalue weighted by atomic mass is 10.1. The molecule has 2 amide bonds. The van der Waals surface area contributed by atoms with Crippen LogP contribution in [0.15, 0.2) is 71.6 Å². The molecule has 2 atom stereocenters. The van der Waals surface area contributed by atoms with Gasteiger partial charge < -0.3 is 10.2 Å². The molecule has 9 heteroatoms. The van der Waals surface area contributed by atoms with E-state index < -0.39 is 28.5 Å². The van der Waals surface area contributed by atoms with Crippen molar-refractivity contribution in [2.24, 2.45) is 0 Å². The molecule has 0 radical (unpaired) electrons. The van der Waals surface area contributed by atoms with Crippen LogP contribution in [0.25, 0.3) is 0 Å². The van der Waals surface area contributed by atoms with Crippen molar-refractivity contribution < 1.29 is 18.0 Å². The van der Waals surface area contributed by atoms with E-state index in [2.05, 4.69) is 5.32 Å². The molecule has 0 aromatic heterocycles. The van der Waals surface area contributed by atoms with Gasteiger partial charge in [-0.05, 0) is 82.5 Å². The van der Waals surface area contributed by atoms with E-state index in [1.54, 1.807) is 43.3 Å². The SMILES string of the molecule is CC[C@H](C)NC(=O)[C@@H](C)N(Cc1cccc(Cl)c1)C(=O)CN(c1ccc(C)cc1C)S(=O)(=O)c1ccc(C)cc1. The molecule has 7 nitrogen and oxygen atoms in total. The maximum absolute atomic E-state index is 14.0. The third-order valence-corrected chi connectivity index (χ3v) is 8.93. The minimum atomic E-state index is -4.12. The smallest absolute Gasteiger partial charge is 0.264 e. The Hall–Kier alpha value is -3.36. The number of hydrogen-bond donors (Lipinski definition) is 1. The van der Waals surface area contributed by atoms with Crippen LogP contribution in [0.5, 0.6) is 0 Å². The normalized spacial score (nSPS) is 12.9. The zero-order chi connectivity index (χ0) is 29.6. The number of nitrogens with zero attached hydrogens (tertiary/aromatic N) is 2. The largest absolute Gasteiger partial charge is 0.352 e. The summed E-state index contributed by atoms with van der Waals surface area (Å²) in [6.45, 7) is 10.7. The summed E-state index contributed by atoms with van der Waals surface area (Å²) < 4.78 is 29.1. The number of amides is 2. The molecule has 0 saturated carbocycles. The highest BCUT2D eigenvalue weighted by Crippen LogP contribution is 2.28. The number of carbonyl (C=O) groups is 2. The summed E-state index contributed by atoms with van der Waals surface area (Å²) in [5.41, 5.74) is 3.73. The second-order valence-corrected chi connectivity index (χ2v) is 12.6. The van der Waals surface area contributed by atoms with Gasteiger partial charge in [0.25, 0.3) is 10.0 Å². The van der Waals surface area contributed by atoms with Gasteiger partial charge in [-0.1, -0.05) is 66.0 Å². The summed E-state index contributed by atoms with van der Waals surface area (Å²) in [5, 5.41) is 3.43. The Bertz CT molecular complexity index is 1460. The van der Waals surface area contributed by atoms with E-state index >= 15 is 0 Å². The predicted molar refractivity (Wildman–Crippen MR) is 161 cm³/mol. The molecule has 0 aliphatic rings. The molecule has 0 unspecified atom stereocenters. The molecule has 0 aliphatic carbocycles. The van der Waals surface area contributed by atoms with Crippen LogP contribution < -0.4 is 9.62 Å². The van der Waals surface area contributed by atoms with Crippen molar-refractivity contribution >= 4 is 39.1 Å². The van der Waals surface area contributed by atoms with E-state index in [-0.39, 0.29) is 23.4 Å². The highest BCUT2D eigenvalue weighted by molar-refractivity contribution is 7.92. The number of sulfonamides is 1. The molecule has 0 bridgehead atoms. The number of halogens is 1. The Morgan fingerprint density at radius 3 is 2.17 bits per heavy atom. The van der Waals surface area contributed by atoms with Gasteiger partial charge in [0.05, 0.1) is 10.6 Å². The lowest BCUT2D eigenvalue weighted by molar-refractivity contribution is -0.139. The number of benzene rings is 3. The molecule has 0 aliphatic heterocycles. The molecule has 0 saturated heterocycles. The van der Waals surface area contributed by atoms with Crippen molar-refractivity contribution in [2.45, 2.75) is 71.5 Å². The molecule has 3 rings (SSSR count). The van der Waals surface area contributed by atoms with Gasteiger partial charge in [-0.25, -0.2) is 8.42 Å². The molecular formula is C31H38ClN3O4S. The molecule has 3 aromatic rings. The van der Waals surface area contributed by atoms with Gasteiger partial charge in [0.1, 0.15) is 12.6 Å². The summed E-state index contributed by atoms with van der Waals surface area (Å²) in [7, 11) is -4.12. The van der Waals surface area contributed by atoms with Crippen LogP contribution in [0, 0.1) is 20.8 Å². The monoisotopic (exact) mass is 583 g/mol. The lowest BCUT2D eigenvalue weighted by Gasteiger charge is -2.33. The van der Waals surface area contributed by atoms with Crippen molar-refractivity contribution in [3.05, 3.63) is 94.0 Å². The first-order valence-electron chi connectivity index (χ1n) is 13.3. The fourth-order valence-corrected chi connectivity index (χ4v) is 6.01. The van der Waals surface area contributed by atoms with Crippen LogP contribution in [0.2, 0.25) is 5.02 Å². The van der Waals surface area contributed by atoms with Crippen LogP contribution in [0.3, 0.4) is 0 Å². The number of nitrogens with one attached hydrogen (secondary N) is 1. The van der Waals surface area contributed by atoms with E-state index in [0.29, 0.717) is 16.3 Å². The van der Waals surface area contributed by atoms with Gasteiger partial charge in [0.2, 0.25) is 11.8 Å². The first-order valence-corrected chi connectivity index (χ1v) is 15.2. The molecular weight excluding hydrogens is 546 g/mol. The highest BCUT2D eigenvalue weighted by atomic mass is 35.5. The summed E-state index contributed by atoms with van der Waals surface area (Å²) in [6, 6.07) is 18.0. The fraction of sp³-hybridized carbons (Fsp3) is 0.355. The lowest BCUT2D eigenvalue weighted by Crippen LogP contribution is -2.52. The van der Waals surface area contributed by atoms with Gasteiger partial charge in [-0.2, -0.15) is 0 Å². The predicted octanol–water partition coefficient (Wildman–Crippen LogP) is 5.79. The van der Waals surface area contributed by atoms with Crippen molar-refractivity contribution in [3.8, 4) is 0 Å². The maximum Gasteiger partial charge on any atom is 0.264 e. The van der Waals surface area contributed by atoms with Gasteiger partial charge in [-0.15, -0.1) is 0 Å². The average Bonchev–Trinajstić information content (AvgIpc) is 2.90. The third kappa shape index (κ3) is 7.64. The molecule has 1 N–H and O–H groups in total. The molecule has 0 heterocycles. The topological polar surface area (TPSA) is 86.8 Å². The Balaban J connectivity index is 2.06. The molecule has 214 valence electrons. The van der Waals surface area contributed by atoms with Crippen LogP contribution in [-0.2, 0) is 26.2 Å². The standard InChI is InChI=1S/C31H38ClN3O4S/c1-7-24(5)33-31(37)25(6)34(19-26-9-8-10-27(32)18-26)30(36)20-35(29-16-13-22(3)17-23(29)4)40(38,39)28-14-11-21(2)12-15-28/h8-18,24-25H,7,19-20H2,1-6H3,(H,33,37)/t24-,25+/m0/s1. The van der Waals surface area contributed by atoms with E-state index in [0.717, 1.165) is 27.4 Å². The van der Waals surface area contributed by atoms with Crippen molar-refractivity contribution in [3.63, 3.8) is 0 Å². The maximum atomic E-state index is 14.0. The first kappa shape index (κ1) is 31.2. The average molecular weight is 584 g/mol. The number of anilines is 1. The third-order valence-electron chi connectivity index (χ3n) is 6.92. The summed E-state index contributed by atoms with van der Waals surface area (Å²) in [6.07, 6.45) is 0.732. The number of rotatable bonds is 11. The fourth-order valence-electron chi connectivity index (χ4n) is 4.32. The number of hydrogen-bond acceptors (Lipinski definition) is 4.